The highest BCUT2D eigenvalue weighted by molar-refractivity contribution is 5.90. The summed E-state index contributed by atoms with van der Waals surface area (Å²) in [6.45, 7) is 10.1. The fourth-order valence-electron chi connectivity index (χ4n) is 3.29. The van der Waals surface area contributed by atoms with Crippen LogP contribution in [0.5, 0.6) is 0 Å². The second-order valence-electron chi connectivity index (χ2n) is 7.48. The number of ether oxygens (including phenoxy) is 1. The first-order valence-electron chi connectivity index (χ1n) is 7.90. The van der Waals surface area contributed by atoms with Crippen LogP contribution >= 0.6 is 0 Å². The molecule has 1 aliphatic carbocycles. The Bertz CT molecular complexity index is 564. The molecule has 0 aliphatic heterocycles. The van der Waals surface area contributed by atoms with E-state index in [1.807, 2.05) is 6.07 Å². The molecule has 0 heterocycles. The molecule has 1 aliphatic rings. The maximum atomic E-state index is 11.8. The van der Waals surface area contributed by atoms with Gasteiger partial charge in [-0.05, 0) is 46.9 Å². The third-order valence-corrected chi connectivity index (χ3v) is 4.93. The summed E-state index contributed by atoms with van der Waals surface area (Å²) >= 11 is 0. The number of carbonyl (C=O) groups is 1. The smallest absolute Gasteiger partial charge is 0.319 e. The number of anilines is 1. The van der Waals surface area contributed by atoms with Crippen LogP contribution in [0.3, 0.4) is 0 Å². The van der Waals surface area contributed by atoms with Gasteiger partial charge in [-0.1, -0.05) is 33.8 Å². The minimum absolute atomic E-state index is 0.117. The first kappa shape index (κ1) is 16.8. The summed E-state index contributed by atoms with van der Waals surface area (Å²) in [7, 11) is 1.62. The lowest BCUT2D eigenvalue weighted by atomic mass is 9.63. The van der Waals surface area contributed by atoms with Crippen LogP contribution in [-0.4, -0.2) is 26.3 Å². The van der Waals surface area contributed by atoms with Crippen LogP contribution in [0.15, 0.2) is 18.2 Å². The number of primary amides is 1. The van der Waals surface area contributed by atoms with Gasteiger partial charge in [0.1, 0.15) is 0 Å². The molecule has 4 nitrogen and oxygen atoms in total. The summed E-state index contributed by atoms with van der Waals surface area (Å²) in [5.41, 5.74) is 9.39. The Kier molecular flexibility index (Phi) is 4.52. The van der Waals surface area contributed by atoms with Crippen molar-refractivity contribution >= 4 is 11.7 Å². The third kappa shape index (κ3) is 3.12. The van der Waals surface area contributed by atoms with Gasteiger partial charge in [0.15, 0.2) is 0 Å². The number of hydrogen-bond donors (Lipinski definition) is 1. The van der Waals surface area contributed by atoms with Crippen molar-refractivity contribution in [1.82, 2.24) is 0 Å². The third-order valence-electron chi connectivity index (χ3n) is 4.93. The van der Waals surface area contributed by atoms with Gasteiger partial charge in [-0.2, -0.15) is 0 Å². The van der Waals surface area contributed by atoms with Gasteiger partial charge in [-0.15, -0.1) is 0 Å². The quantitative estimate of drug-likeness (QED) is 0.924. The fourth-order valence-corrected chi connectivity index (χ4v) is 3.29. The Balaban J connectivity index is 2.47. The summed E-state index contributed by atoms with van der Waals surface area (Å²) in [5, 5.41) is 0. The Morgan fingerprint density at radius 3 is 2.32 bits per heavy atom. The molecule has 0 spiro atoms. The van der Waals surface area contributed by atoms with E-state index in [-0.39, 0.29) is 10.8 Å². The highest BCUT2D eigenvalue weighted by atomic mass is 16.5. The Morgan fingerprint density at radius 2 is 1.77 bits per heavy atom. The average molecular weight is 304 g/mol. The summed E-state index contributed by atoms with van der Waals surface area (Å²) in [4.78, 5) is 13.3. The Morgan fingerprint density at radius 1 is 1.18 bits per heavy atom. The lowest BCUT2D eigenvalue weighted by Crippen LogP contribution is -2.39. The minimum atomic E-state index is -0.440. The summed E-state index contributed by atoms with van der Waals surface area (Å²) < 4.78 is 5.08. The van der Waals surface area contributed by atoms with Crippen molar-refractivity contribution in [3.05, 3.63) is 29.3 Å². The first-order valence-corrected chi connectivity index (χ1v) is 7.90. The Labute approximate surface area is 133 Å². The molecule has 2 N–H and O–H groups in total. The van der Waals surface area contributed by atoms with Crippen LogP contribution in [0.1, 0.15) is 51.7 Å². The zero-order valence-electron chi connectivity index (χ0n) is 14.4. The number of methoxy groups -OCH3 is 1. The number of urea groups is 1. The number of amides is 2. The van der Waals surface area contributed by atoms with Gasteiger partial charge < -0.3 is 10.5 Å². The van der Waals surface area contributed by atoms with Crippen LogP contribution in [0.2, 0.25) is 0 Å². The number of benzene rings is 1. The predicted octanol–water partition coefficient (Wildman–Crippen LogP) is 3.57. The van der Waals surface area contributed by atoms with Crippen molar-refractivity contribution in [2.75, 3.05) is 25.2 Å². The molecule has 0 saturated heterocycles. The van der Waals surface area contributed by atoms with E-state index in [1.54, 1.807) is 12.0 Å². The predicted molar refractivity (Wildman–Crippen MR) is 90.5 cm³/mol. The SMILES string of the molecule is COCCN(C(N)=O)c1ccc2c(c1)C(C)(C)CCC2(C)C. The number of nitrogens with zero attached hydrogens (tertiary/aromatic N) is 1. The molecule has 1 aromatic rings. The number of hydrogen-bond acceptors (Lipinski definition) is 2. The zero-order valence-corrected chi connectivity index (χ0v) is 14.4. The first-order chi connectivity index (χ1) is 10.2. The van der Waals surface area contributed by atoms with Crippen molar-refractivity contribution in [2.24, 2.45) is 5.73 Å². The van der Waals surface area contributed by atoms with Crippen molar-refractivity contribution in [1.29, 1.82) is 0 Å². The monoisotopic (exact) mass is 304 g/mol. The van der Waals surface area contributed by atoms with Crippen LogP contribution in [0, 0.1) is 0 Å². The van der Waals surface area contributed by atoms with E-state index in [4.69, 9.17) is 10.5 Å². The standard InChI is InChI=1S/C18H28N2O2/c1-17(2)8-9-18(3,4)15-12-13(6-7-14(15)17)20(16(19)21)10-11-22-5/h6-7,12H,8-11H2,1-5H3,(H2,19,21). The number of fused-ring (bicyclic) bond motifs is 1. The van der Waals surface area contributed by atoms with E-state index in [1.165, 1.54) is 17.5 Å². The highest BCUT2D eigenvalue weighted by Crippen LogP contribution is 2.46. The van der Waals surface area contributed by atoms with Crippen molar-refractivity contribution in [3.8, 4) is 0 Å². The molecule has 0 bridgehead atoms. The molecule has 2 rings (SSSR count). The second-order valence-corrected chi connectivity index (χ2v) is 7.48. The lowest BCUT2D eigenvalue weighted by Gasteiger charge is -2.42. The van der Waals surface area contributed by atoms with Crippen LogP contribution in [0.4, 0.5) is 10.5 Å². The fraction of sp³-hybridized carbons (Fsp3) is 0.611. The van der Waals surface area contributed by atoms with Crippen molar-refractivity contribution in [3.63, 3.8) is 0 Å². The topological polar surface area (TPSA) is 55.6 Å². The molecule has 0 unspecified atom stereocenters. The van der Waals surface area contributed by atoms with E-state index in [0.717, 1.165) is 12.1 Å². The van der Waals surface area contributed by atoms with Gasteiger partial charge in [-0.3, -0.25) is 4.90 Å². The van der Waals surface area contributed by atoms with Crippen LogP contribution in [-0.2, 0) is 15.6 Å². The summed E-state index contributed by atoms with van der Waals surface area (Å²) in [6, 6.07) is 5.86. The van der Waals surface area contributed by atoms with E-state index < -0.39 is 6.03 Å². The molecular weight excluding hydrogens is 276 g/mol. The van der Waals surface area contributed by atoms with E-state index in [9.17, 15) is 4.79 Å². The lowest BCUT2D eigenvalue weighted by molar-refractivity contribution is 0.203. The maximum Gasteiger partial charge on any atom is 0.319 e. The molecule has 1 aromatic carbocycles. The molecule has 4 heteroatoms. The normalized spacial score (nSPS) is 18.6. The maximum absolute atomic E-state index is 11.8. The molecule has 0 atom stereocenters. The van der Waals surface area contributed by atoms with Gasteiger partial charge in [0, 0.05) is 12.8 Å². The van der Waals surface area contributed by atoms with Crippen LogP contribution in [0.25, 0.3) is 0 Å². The summed E-state index contributed by atoms with van der Waals surface area (Å²) in [6.07, 6.45) is 2.32. The van der Waals surface area contributed by atoms with Gasteiger partial charge in [0.25, 0.3) is 0 Å². The van der Waals surface area contributed by atoms with Crippen molar-refractivity contribution < 1.29 is 9.53 Å². The van der Waals surface area contributed by atoms with Gasteiger partial charge in [0.2, 0.25) is 0 Å². The molecule has 0 saturated carbocycles. The molecular formula is C18H28N2O2. The highest BCUT2D eigenvalue weighted by Gasteiger charge is 2.37. The number of carbonyl (C=O) groups excluding carboxylic acids is 1. The van der Waals surface area contributed by atoms with Crippen LogP contribution < -0.4 is 10.6 Å². The minimum Gasteiger partial charge on any atom is -0.383 e. The number of rotatable bonds is 4. The average Bonchev–Trinajstić information content (AvgIpc) is 2.44. The van der Waals surface area contributed by atoms with Crippen molar-refractivity contribution in [2.45, 2.75) is 51.4 Å². The second kappa shape index (κ2) is 5.92. The van der Waals surface area contributed by atoms with Gasteiger partial charge >= 0.3 is 6.03 Å². The molecule has 0 radical (unpaired) electrons. The molecule has 122 valence electrons. The largest absolute Gasteiger partial charge is 0.383 e. The molecule has 2 amide bonds. The zero-order chi connectivity index (χ0) is 16.5. The number of nitrogens with two attached hydrogens (primary N) is 1. The molecule has 0 fully saturated rings. The van der Waals surface area contributed by atoms with E-state index >= 15 is 0 Å². The van der Waals surface area contributed by atoms with E-state index in [0.29, 0.717) is 13.2 Å². The Hall–Kier alpha value is -1.55. The summed E-state index contributed by atoms with van der Waals surface area (Å²) in [5.74, 6) is 0. The molecule has 0 aromatic heterocycles. The van der Waals surface area contributed by atoms with Gasteiger partial charge in [-0.25, -0.2) is 4.79 Å². The van der Waals surface area contributed by atoms with E-state index in [2.05, 4.69) is 39.8 Å². The molecule has 22 heavy (non-hydrogen) atoms. The van der Waals surface area contributed by atoms with Gasteiger partial charge in [0.05, 0.1) is 13.2 Å².